The van der Waals surface area contributed by atoms with Gasteiger partial charge in [-0.05, 0) is 24.6 Å². The summed E-state index contributed by atoms with van der Waals surface area (Å²) in [6.45, 7) is 1.48. The highest BCUT2D eigenvalue weighted by molar-refractivity contribution is 5.86. The number of nitriles is 1. The van der Waals surface area contributed by atoms with Crippen molar-refractivity contribution >= 4 is 11.6 Å². The lowest BCUT2D eigenvalue weighted by atomic mass is 10.0. The molecule has 0 aliphatic rings. The quantitative estimate of drug-likeness (QED) is 0.755. The van der Waals surface area contributed by atoms with Crippen molar-refractivity contribution in [2.75, 3.05) is 0 Å². The molecule has 3 heteroatoms. The van der Waals surface area contributed by atoms with Crippen LogP contribution in [0.2, 0.25) is 0 Å². The van der Waals surface area contributed by atoms with Gasteiger partial charge < -0.3 is 4.79 Å². The van der Waals surface area contributed by atoms with Crippen LogP contribution in [0.4, 0.5) is 0 Å². The van der Waals surface area contributed by atoms with Crippen LogP contribution < -0.4 is 0 Å². The summed E-state index contributed by atoms with van der Waals surface area (Å²) in [4.78, 5) is 22.2. The zero-order chi connectivity index (χ0) is 12.0. The summed E-state index contributed by atoms with van der Waals surface area (Å²) in [7, 11) is 0. The van der Waals surface area contributed by atoms with Crippen LogP contribution >= 0.6 is 0 Å². The number of hydrogen-bond acceptors (Lipinski definition) is 3. The van der Waals surface area contributed by atoms with E-state index in [-0.39, 0.29) is 11.6 Å². The Hall–Kier alpha value is -1.95. The molecule has 0 unspecified atom stereocenters. The lowest BCUT2D eigenvalue weighted by Gasteiger charge is -2.00. The topological polar surface area (TPSA) is 57.9 Å². The number of Topliss-reactive ketones (excluding diaryl/α,β-unsaturated/α-hetero) is 2. The molecule has 0 N–H and O–H groups in total. The largest absolute Gasteiger partial charge is 0.300 e. The summed E-state index contributed by atoms with van der Waals surface area (Å²) in [6.07, 6.45) is 0.948. The SMILES string of the molecule is CC(=O)CCC(=O)Cc1ccc(C#N)cc1. The van der Waals surface area contributed by atoms with E-state index in [0.29, 0.717) is 24.8 Å². The molecule has 0 spiro atoms. The number of hydrogen-bond donors (Lipinski definition) is 0. The smallest absolute Gasteiger partial charge is 0.137 e. The second kappa shape index (κ2) is 5.82. The van der Waals surface area contributed by atoms with Crippen LogP contribution in [0.5, 0.6) is 0 Å². The standard InChI is InChI=1S/C13H13NO2/c1-10(15)2-7-13(16)8-11-3-5-12(9-14)6-4-11/h3-6H,2,7-8H2,1H3. The molecule has 3 nitrogen and oxygen atoms in total. The molecule has 1 rings (SSSR count). The highest BCUT2D eigenvalue weighted by Crippen LogP contribution is 2.06. The van der Waals surface area contributed by atoms with E-state index in [1.807, 2.05) is 6.07 Å². The first-order chi connectivity index (χ1) is 7.61. The van der Waals surface area contributed by atoms with Gasteiger partial charge in [-0.2, -0.15) is 5.26 Å². The van der Waals surface area contributed by atoms with E-state index in [1.165, 1.54) is 6.92 Å². The van der Waals surface area contributed by atoms with Gasteiger partial charge in [0.15, 0.2) is 0 Å². The van der Waals surface area contributed by atoms with E-state index < -0.39 is 0 Å². The van der Waals surface area contributed by atoms with Crippen LogP contribution in [0.15, 0.2) is 24.3 Å². The maximum atomic E-state index is 11.5. The van der Waals surface area contributed by atoms with Crippen molar-refractivity contribution < 1.29 is 9.59 Å². The first kappa shape index (κ1) is 12.1. The number of rotatable bonds is 5. The zero-order valence-corrected chi connectivity index (χ0v) is 9.19. The fourth-order valence-corrected chi connectivity index (χ4v) is 1.33. The van der Waals surface area contributed by atoms with E-state index in [9.17, 15) is 9.59 Å². The monoisotopic (exact) mass is 215 g/mol. The lowest BCUT2D eigenvalue weighted by molar-refractivity contribution is -0.122. The third kappa shape index (κ3) is 4.05. The third-order valence-corrected chi connectivity index (χ3v) is 2.24. The number of ketones is 2. The van der Waals surface area contributed by atoms with Crippen LogP contribution in [0.25, 0.3) is 0 Å². The lowest BCUT2D eigenvalue weighted by Crippen LogP contribution is -2.04. The molecule has 16 heavy (non-hydrogen) atoms. The molecule has 0 aliphatic carbocycles. The Balaban J connectivity index is 2.50. The van der Waals surface area contributed by atoms with E-state index in [4.69, 9.17) is 5.26 Å². The molecular weight excluding hydrogens is 202 g/mol. The third-order valence-electron chi connectivity index (χ3n) is 2.24. The fraction of sp³-hybridized carbons (Fsp3) is 0.308. The summed E-state index contributed by atoms with van der Waals surface area (Å²) < 4.78 is 0. The molecule has 82 valence electrons. The van der Waals surface area contributed by atoms with Gasteiger partial charge in [0.1, 0.15) is 11.6 Å². The molecule has 0 bridgehead atoms. The second-order valence-electron chi connectivity index (χ2n) is 3.73. The molecule has 0 aliphatic heterocycles. The molecule has 0 aromatic heterocycles. The van der Waals surface area contributed by atoms with E-state index in [0.717, 1.165) is 5.56 Å². The van der Waals surface area contributed by atoms with Crippen LogP contribution in [-0.2, 0) is 16.0 Å². The van der Waals surface area contributed by atoms with Crippen LogP contribution in [0, 0.1) is 11.3 Å². The highest BCUT2D eigenvalue weighted by Gasteiger charge is 2.05. The molecule has 0 atom stereocenters. The van der Waals surface area contributed by atoms with Gasteiger partial charge in [0.05, 0.1) is 11.6 Å². The van der Waals surface area contributed by atoms with Gasteiger partial charge in [0.25, 0.3) is 0 Å². The van der Waals surface area contributed by atoms with Gasteiger partial charge in [-0.1, -0.05) is 12.1 Å². The average molecular weight is 215 g/mol. The normalized spacial score (nSPS) is 9.50. The van der Waals surface area contributed by atoms with Crippen molar-refractivity contribution in [1.29, 1.82) is 5.26 Å². The summed E-state index contributed by atoms with van der Waals surface area (Å²) in [5, 5.41) is 8.60. The summed E-state index contributed by atoms with van der Waals surface area (Å²) in [6, 6.07) is 8.93. The molecule has 0 amide bonds. The maximum absolute atomic E-state index is 11.5. The fourth-order valence-electron chi connectivity index (χ4n) is 1.33. The summed E-state index contributed by atoms with van der Waals surface area (Å²) >= 11 is 0. The molecular formula is C13H13NO2. The van der Waals surface area contributed by atoms with Crippen molar-refractivity contribution in [3.05, 3.63) is 35.4 Å². The number of benzene rings is 1. The number of carbonyl (C=O) groups excluding carboxylic acids is 2. The Bertz CT molecular complexity index is 426. The Morgan fingerprint density at radius 3 is 2.31 bits per heavy atom. The number of carbonyl (C=O) groups is 2. The molecule has 0 heterocycles. The second-order valence-corrected chi connectivity index (χ2v) is 3.73. The van der Waals surface area contributed by atoms with Gasteiger partial charge in [0.2, 0.25) is 0 Å². The molecule has 0 saturated heterocycles. The Morgan fingerprint density at radius 1 is 1.19 bits per heavy atom. The highest BCUT2D eigenvalue weighted by atomic mass is 16.1. The van der Waals surface area contributed by atoms with Crippen molar-refractivity contribution in [3.63, 3.8) is 0 Å². The Morgan fingerprint density at radius 2 is 1.81 bits per heavy atom. The van der Waals surface area contributed by atoms with Crippen molar-refractivity contribution in [2.24, 2.45) is 0 Å². The molecule has 1 aromatic carbocycles. The van der Waals surface area contributed by atoms with E-state index in [2.05, 4.69) is 0 Å². The van der Waals surface area contributed by atoms with Gasteiger partial charge in [-0.15, -0.1) is 0 Å². The summed E-state index contributed by atoms with van der Waals surface area (Å²) in [5.74, 6) is 0.0908. The predicted molar refractivity (Wildman–Crippen MR) is 59.8 cm³/mol. The van der Waals surface area contributed by atoms with Crippen molar-refractivity contribution in [2.45, 2.75) is 26.2 Å². The van der Waals surface area contributed by atoms with Gasteiger partial charge in [-0.25, -0.2) is 0 Å². The molecule has 0 saturated carbocycles. The maximum Gasteiger partial charge on any atom is 0.137 e. The van der Waals surface area contributed by atoms with Crippen LogP contribution in [0.3, 0.4) is 0 Å². The summed E-state index contributed by atoms with van der Waals surface area (Å²) in [5.41, 5.74) is 1.47. The van der Waals surface area contributed by atoms with Crippen molar-refractivity contribution in [3.8, 4) is 6.07 Å². The van der Waals surface area contributed by atoms with Gasteiger partial charge >= 0.3 is 0 Å². The predicted octanol–water partition coefficient (Wildman–Crippen LogP) is 2.04. The van der Waals surface area contributed by atoms with Crippen molar-refractivity contribution in [1.82, 2.24) is 0 Å². The van der Waals surface area contributed by atoms with Crippen LogP contribution in [0.1, 0.15) is 30.9 Å². The van der Waals surface area contributed by atoms with Gasteiger partial charge in [0, 0.05) is 19.3 Å². The Kier molecular flexibility index (Phi) is 4.41. The average Bonchev–Trinajstić information content (AvgIpc) is 2.27. The minimum Gasteiger partial charge on any atom is -0.300 e. The van der Waals surface area contributed by atoms with Gasteiger partial charge in [-0.3, -0.25) is 4.79 Å². The number of nitrogens with zero attached hydrogens (tertiary/aromatic N) is 1. The Labute approximate surface area is 94.7 Å². The minimum absolute atomic E-state index is 0.0354. The molecule has 1 aromatic rings. The first-order valence-corrected chi connectivity index (χ1v) is 5.12. The first-order valence-electron chi connectivity index (χ1n) is 5.12. The van der Waals surface area contributed by atoms with E-state index in [1.54, 1.807) is 24.3 Å². The minimum atomic E-state index is 0.0354. The molecule has 0 fully saturated rings. The van der Waals surface area contributed by atoms with E-state index >= 15 is 0 Å². The molecule has 0 radical (unpaired) electrons. The van der Waals surface area contributed by atoms with Crippen LogP contribution in [-0.4, -0.2) is 11.6 Å². The zero-order valence-electron chi connectivity index (χ0n) is 9.19.